The summed E-state index contributed by atoms with van der Waals surface area (Å²) >= 11 is 0. The SMILES string of the molecule is Cc1cccc(NC(=O)c2cccn(OCc3cccc([N+](=O)[O-])c3)c2=O)c1. The number of hydrogen-bond acceptors (Lipinski definition) is 5. The van der Waals surface area contributed by atoms with Crippen molar-refractivity contribution in [1.29, 1.82) is 0 Å². The van der Waals surface area contributed by atoms with Crippen molar-refractivity contribution in [1.82, 2.24) is 4.73 Å². The number of nitro groups is 1. The van der Waals surface area contributed by atoms with E-state index in [1.165, 1.54) is 36.5 Å². The Balaban J connectivity index is 1.75. The monoisotopic (exact) mass is 379 g/mol. The van der Waals surface area contributed by atoms with Crippen molar-refractivity contribution in [2.75, 3.05) is 5.32 Å². The standard InChI is InChI=1S/C20H17N3O5/c1-14-5-2-7-16(11-14)21-19(24)18-9-4-10-22(20(18)25)28-13-15-6-3-8-17(12-15)23(26)27/h2-12H,13H2,1H3,(H,21,24). The minimum Gasteiger partial charge on any atom is -0.406 e. The topological polar surface area (TPSA) is 103 Å². The summed E-state index contributed by atoms with van der Waals surface area (Å²) in [5, 5.41) is 13.5. The molecule has 0 fully saturated rings. The molecule has 0 saturated heterocycles. The molecule has 1 aromatic heterocycles. The molecule has 28 heavy (non-hydrogen) atoms. The summed E-state index contributed by atoms with van der Waals surface area (Å²) in [6, 6.07) is 16.0. The number of amides is 1. The van der Waals surface area contributed by atoms with Gasteiger partial charge in [-0.15, -0.1) is 0 Å². The van der Waals surface area contributed by atoms with E-state index in [-0.39, 0.29) is 17.9 Å². The molecule has 0 saturated carbocycles. The lowest BCUT2D eigenvalue weighted by Crippen LogP contribution is -2.32. The van der Waals surface area contributed by atoms with Gasteiger partial charge in [0.15, 0.2) is 0 Å². The van der Waals surface area contributed by atoms with Crippen LogP contribution in [0.3, 0.4) is 0 Å². The van der Waals surface area contributed by atoms with Gasteiger partial charge in [0.1, 0.15) is 12.2 Å². The molecule has 1 amide bonds. The Kier molecular flexibility index (Phi) is 5.50. The van der Waals surface area contributed by atoms with Crippen LogP contribution in [0, 0.1) is 17.0 Å². The summed E-state index contributed by atoms with van der Waals surface area (Å²) in [4.78, 5) is 40.7. The van der Waals surface area contributed by atoms with Crippen molar-refractivity contribution >= 4 is 17.3 Å². The lowest BCUT2D eigenvalue weighted by atomic mass is 10.2. The predicted molar refractivity (Wildman–Crippen MR) is 103 cm³/mol. The zero-order valence-corrected chi connectivity index (χ0v) is 15.0. The quantitative estimate of drug-likeness (QED) is 0.524. The van der Waals surface area contributed by atoms with Crippen molar-refractivity contribution in [2.45, 2.75) is 13.5 Å². The van der Waals surface area contributed by atoms with Crippen LogP contribution in [0.25, 0.3) is 0 Å². The van der Waals surface area contributed by atoms with E-state index in [1.54, 1.807) is 24.3 Å². The van der Waals surface area contributed by atoms with Crippen LogP contribution < -0.4 is 15.7 Å². The zero-order valence-electron chi connectivity index (χ0n) is 15.0. The van der Waals surface area contributed by atoms with E-state index in [0.29, 0.717) is 11.3 Å². The fraction of sp³-hybridized carbons (Fsp3) is 0.100. The molecular weight excluding hydrogens is 362 g/mol. The van der Waals surface area contributed by atoms with E-state index in [2.05, 4.69) is 5.32 Å². The Hall–Kier alpha value is -3.94. The molecule has 0 spiro atoms. The van der Waals surface area contributed by atoms with Crippen molar-refractivity contribution in [3.63, 3.8) is 0 Å². The van der Waals surface area contributed by atoms with Crippen molar-refractivity contribution in [3.8, 4) is 0 Å². The molecule has 1 heterocycles. The number of anilines is 1. The molecule has 0 aliphatic heterocycles. The average molecular weight is 379 g/mol. The summed E-state index contributed by atoms with van der Waals surface area (Å²) in [7, 11) is 0. The van der Waals surface area contributed by atoms with Crippen LogP contribution in [0.4, 0.5) is 11.4 Å². The summed E-state index contributed by atoms with van der Waals surface area (Å²) in [6.45, 7) is 1.83. The Bertz CT molecular complexity index is 1090. The normalized spacial score (nSPS) is 10.3. The van der Waals surface area contributed by atoms with Gasteiger partial charge in [-0.2, -0.15) is 4.73 Å². The number of rotatable bonds is 6. The summed E-state index contributed by atoms with van der Waals surface area (Å²) < 4.78 is 0.935. The first-order chi connectivity index (χ1) is 13.4. The molecule has 0 radical (unpaired) electrons. The van der Waals surface area contributed by atoms with Crippen molar-refractivity contribution in [2.24, 2.45) is 0 Å². The number of aryl methyl sites for hydroxylation is 1. The highest BCUT2D eigenvalue weighted by molar-refractivity contribution is 6.04. The third-order valence-electron chi connectivity index (χ3n) is 3.93. The number of carbonyl (C=O) groups excluding carboxylic acids is 1. The third kappa shape index (κ3) is 4.42. The molecule has 0 aliphatic rings. The molecule has 8 heteroatoms. The van der Waals surface area contributed by atoms with E-state index >= 15 is 0 Å². The number of benzene rings is 2. The lowest BCUT2D eigenvalue weighted by Gasteiger charge is -2.10. The Morgan fingerprint density at radius 1 is 1.14 bits per heavy atom. The first-order valence-electron chi connectivity index (χ1n) is 8.40. The number of pyridine rings is 1. The smallest absolute Gasteiger partial charge is 0.295 e. The second-order valence-corrected chi connectivity index (χ2v) is 6.08. The second kappa shape index (κ2) is 8.17. The first kappa shape index (κ1) is 18.8. The number of aromatic nitrogens is 1. The van der Waals surface area contributed by atoms with E-state index in [4.69, 9.17) is 4.84 Å². The van der Waals surface area contributed by atoms with Crippen LogP contribution in [0.5, 0.6) is 0 Å². The van der Waals surface area contributed by atoms with Gasteiger partial charge in [-0.05, 0) is 42.3 Å². The Labute approximate surface area is 160 Å². The number of nitrogens with zero attached hydrogens (tertiary/aromatic N) is 2. The van der Waals surface area contributed by atoms with Crippen LogP contribution in [-0.4, -0.2) is 15.6 Å². The van der Waals surface area contributed by atoms with Gasteiger partial charge in [-0.3, -0.25) is 19.7 Å². The Morgan fingerprint density at radius 3 is 2.68 bits per heavy atom. The van der Waals surface area contributed by atoms with Gasteiger partial charge in [0.05, 0.1) is 4.92 Å². The molecular formula is C20H17N3O5. The summed E-state index contributed by atoms with van der Waals surface area (Å²) in [6.07, 6.45) is 1.38. The molecule has 8 nitrogen and oxygen atoms in total. The summed E-state index contributed by atoms with van der Waals surface area (Å²) in [5.41, 5.74) is 1.30. The van der Waals surface area contributed by atoms with E-state index in [1.807, 2.05) is 13.0 Å². The Morgan fingerprint density at radius 2 is 1.93 bits per heavy atom. The minimum atomic E-state index is -0.627. The van der Waals surface area contributed by atoms with E-state index in [0.717, 1.165) is 10.3 Å². The maximum atomic E-state index is 12.5. The molecule has 3 aromatic rings. The number of non-ortho nitro benzene ring substituents is 1. The van der Waals surface area contributed by atoms with Gasteiger partial charge >= 0.3 is 0 Å². The average Bonchev–Trinajstić information content (AvgIpc) is 2.67. The van der Waals surface area contributed by atoms with E-state index < -0.39 is 16.4 Å². The highest BCUT2D eigenvalue weighted by atomic mass is 16.7. The molecule has 1 N–H and O–H groups in total. The molecule has 2 aromatic carbocycles. The van der Waals surface area contributed by atoms with Gasteiger partial charge in [0.2, 0.25) is 0 Å². The fourth-order valence-electron chi connectivity index (χ4n) is 2.57. The van der Waals surface area contributed by atoms with Crippen LogP contribution >= 0.6 is 0 Å². The van der Waals surface area contributed by atoms with E-state index in [9.17, 15) is 19.7 Å². The third-order valence-corrected chi connectivity index (χ3v) is 3.93. The number of hydrogen-bond donors (Lipinski definition) is 1. The molecule has 3 rings (SSSR count). The molecule has 0 aliphatic carbocycles. The highest BCUT2D eigenvalue weighted by Gasteiger charge is 2.13. The maximum Gasteiger partial charge on any atom is 0.295 e. The number of nitrogens with one attached hydrogen (secondary N) is 1. The predicted octanol–water partition coefficient (Wildman–Crippen LogP) is 2.95. The lowest BCUT2D eigenvalue weighted by molar-refractivity contribution is -0.384. The van der Waals surface area contributed by atoms with Crippen LogP contribution in [0.1, 0.15) is 21.5 Å². The minimum absolute atomic E-state index is 0.0649. The largest absolute Gasteiger partial charge is 0.406 e. The highest BCUT2D eigenvalue weighted by Crippen LogP contribution is 2.13. The fourth-order valence-corrected chi connectivity index (χ4v) is 2.57. The van der Waals surface area contributed by atoms with Gasteiger partial charge in [-0.25, -0.2) is 0 Å². The maximum absolute atomic E-state index is 12.5. The van der Waals surface area contributed by atoms with Crippen LogP contribution in [-0.2, 0) is 6.61 Å². The van der Waals surface area contributed by atoms with Crippen LogP contribution in [0.15, 0.2) is 71.7 Å². The number of carbonyl (C=O) groups is 1. The molecule has 0 atom stereocenters. The molecule has 0 bridgehead atoms. The first-order valence-corrected chi connectivity index (χ1v) is 8.40. The van der Waals surface area contributed by atoms with Gasteiger partial charge < -0.3 is 10.2 Å². The second-order valence-electron chi connectivity index (χ2n) is 6.08. The summed E-state index contributed by atoms with van der Waals surface area (Å²) in [5.74, 6) is -0.552. The van der Waals surface area contributed by atoms with Crippen LogP contribution in [0.2, 0.25) is 0 Å². The van der Waals surface area contributed by atoms with Crippen molar-refractivity contribution in [3.05, 3.63) is 104 Å². The van der Waals surface area contributed by atoms with Gasteiger partial charge in [0, 0.05) is 24.0 Å². The zero-order chi connectivity index (χ0) is 20.1. The molecule has 0 unspecified atom stereocenters. The number of nitro benzene ring substituents is 1. The van der Waals surface area contributed by atoms with Gasteiger partial charge in [0.25, 0.3) is 17.2 Å². The van der Waals surface area contributed by atoms with Gasteiger partial charge in [-0.1, -0.05) is 24.3 Å². The van der Waals surface area contributed by atoms with Crippen molar-refractivity contribution < 1.29 is 14.6 Å². The molecule has 142 valence electrons.